The summed E-state index contributed by atoms with van der Waals surface area (Å²) in [7, 11) is 1.64. The van der Waals surface area contributed by atoms with Crippen molar-refractivity contribution in [3.05, 3.63) is 5.28 Å². The summed E-state index contributed by atoms with van der Waals surface area (Å²) in [5, 5.41) is 6.25. The van der Waals surface area contributed by atoms with Gasteiger partial charge in [0.1, 0.15) is 0 Å². The molecule has 0 unspecified atom stereocenters. The van der Waals surface area contributed by atoms with Crippen molar-refractivity contribution < 1.29 is 9.47 Å². The third-order valence-electron chi connectivity index (χ3n) is 2.10. The fourth-order valence-electron chi connectivity index (χ4n) is 1.22. The lowest BCUT2D eigenvalue weighted by Crippen LogP contribution is -2.15. The Morgan fingerprint density at radius 2 is 1.68 bits per heavy atom. The predicted molar refractivity (Wildman–Crippen MR) is 74.8 cm³/mol. The van der Waals surface area contributed by atoms with Gasteiger partial charge in [0.2, 0.25) is 17.2 Å². The minimum absolute atomic E-state index is 0.163. The van der Waals surface area contributed by atoms with Crippen LogP contribution in [0.25, 0.3) is 0 Å². The van der Waals surface area contributed by atoms with Crippen LogP contribution in [0, 0.1) is 0 Å². The summed E-state index contributed by atoms with van der Waals surface area (Å²) in [6, 6.07) is 0. The lowest BCUT2D eigenvalue weighted by Gasteiger charge is -2.08. The van der Waals surface area contributed by atoms with E-state index in [1.165, 1.54) is 0 Å². The van der Waals surface area contributed by atoms with Gasteiger partial charge in [0.25, 0.3) is 0 Å². The molecular formula is C11H20ClN5O2. The third-order valence-corrected chi connectivity index (χ3v) is 2.27. The smallest absolute Gasteiger partial charge is 0.228 e. The summed E-state index contributed by atoms with van der Waals surface area (Å²) < 4.78 is 10.2. The zero-order valence-corrected chi connectivity index (χ0v) is 12.0. The highest BCUT2D eigenvalue weighted by molar-refractivity contribution is 6.28. The van der Waals surface area contributed by atoms with Crippen LogP contribution in [0.4, 0.5) is 11.9 Å². The first-order valence-electron chi connectivity index (χ1n) is 6.22. The zero-order valence-electron chi connectivity index (χ0n) is 11.3. The van der Waals surface area contributed by atoms with E-state index in [4.69, 9.17) is 21.1 Å². The van der Waals surface area contributed by atoms with Crippen LogP contribution < -0.4 is 10.6 Å². The molecule has 7 nitrogen and oxygen atoms in total. The van der Waals surface area contributed by atoms with Crippen molar-refractivity contribution in [2.24, 2.45) is 0 Å². The number of anilines is 2. The van der Waals surface area contributed by atoms with Crippen molar-refractivity contribution in [2.75, 3.05) is 50.7 Å². The molecule has 0 aliphatic heterocycles. The largest absolute Gasteiger partial charge is 0.382 e. The quantitative estimate of drug-likeness (QED) is 0.630. The summed E-state index contributed by atoms with van der Waals surface area (Å²) in [5.41, 5.74) is 0. The molecule has 0 amide bonds. The fraction of sp³-hybridized carbons (Fsp3) is 0.727. The Balaban J connectivity index is 2.34. The van der Waals surface area contributed by atoms with Crippen molar-refractivity contribution in [1.29, 1.82) is 0 Å². The van der Waals surface area contributed by atoms with Crippen LogP contribution in [0.3, 0.4) is 0 Å². The standard InChI is InChI=1S/C11H20ClN5O2/c1-3-4-13-10-15-9(12)16-11(17-10)14-5-6-19-8-7-18-2/h3-8H2,1-2H3,(H2,13,14,15,16,17). The van der Waals surface area contributed by atoms with E-state index < -0.39 is 0 Å². The van der Waals surface area contributed by atoms with Crippen LogP contribution >= 0.6 is 11.6 Å². The first-order valence-corrected chi connectivity index (χ1v) is 6.60. The van der Waals surface area contributed by atoms with E-state index in [2.05, 4.69) is 32.5 Å². The monoisotopic (exact) mass is 289 g/mol. The molecule has 0 aromatic carbocycles. The Hall–Kier alpha value is -1.18. The average molecular weight is 290 g/mol. The Kier molecular flexibility index (Phi) is 8.11. The van der Waals surface area contributed by atoms with E-state index >= 15 is 0 Å². The van der Waals surface area contributed by atoms with Crippen molar-refractivity contribution in [2.45, 2.75) is 13.3 Å². The summed E-state index contributed by atoms with van der Waals surface area (Å²) in [6.07, 6.45) is 0.986. The van der Waals surface area contributed by atoms with Gasteiger partial charge in [-0.25, -0.2) is 0 Å². The van der Waals surface area contributed by atoms with Crippen LogP contribution in [0.1, 0.15) is 13.3 Å². The van der Waals surface area contributed by atoms with Gasteiger partial charge in [0, 0.05) is 20.2 Å². The maximum atomic E-state index is 5.82. The van der Waals surface area contributed by atoms with Crippen LogP contribution in [0.5, 0.6) is 0 Å². The molecule has 0 bridgehead atoms. The molecule has 108 valence electrons. The number of aromatic nitrogens is 3. The fourth-order valence-corrected chi connectivity index (χ4v) is 1.38. The predicted octanol–water partition coefficient (Wildman–Crippen LogP) is 1.42. The molecule has 0 saturated carbocycles. The van der Waals surface area contributed by atoms with Crippen LogP contribution in [-0.4, -0.2) is 55.0 Å². The Labute approximate surface area is 118 Å². The first kappa shape index (κ1) is 15.9. The number of nitrogens with zero attached hydrogens (tertiary/aromatic N) is 3. The number of hydrogen-bond donors (Lipinski definition) is 2. The van der Waals surface area contributed by atoms with Crippen LogP contribution in [0.15, 0.2) is 0 Å². The van der Waals surface area contributed by atoms with Gasteiger partial charge >= 0.3 is 0 Å². The highest BCUT2D eigenvalue weighted by Gasteiger charge is 2.03. The second kappa shape index (κ2) is 9.71. The minimum Gasteiger partial charge on any atom is -0.382 e. The third kappa shape index (κ3) is 7.09. The molecule has 0 saturated heterocycles. The van der Waals surface area contributed by atoms with Crippen LogP contribution in [-0.2, 0) is 9.47 Å². The van der Waals surface area contributed by atoms with Gasteiger partial charge < -0.3 is 20.1 Å². The molecule has 2 N–H and O–H groups in total. The molecule has 8 heteroatoms. The molecule has 0 radical (unpaired) electrons. The Bertz CT molecular complexity index is 367. The molecule has 1 rings (SSSR count). The Morgan fingerprint density at radius 3 is 2.32 bits per heavy atom. The second-order valence-corrected chi connectivity index (χ2v) is 4.05. The van der Waals surface area contributed by atoms with E-state index in [1.54, 1.807) is 7.11 Å². The number of nitrogens with one attached hydrogen (secondary N) is 2. The molecule has 0 spiro atoms. The van der Waals surface area contributed by atoms with Gasteiger partial charge in [0.15, 0.2) is 0 Å². The van der Waals surface area contributed by atoms with Gasteiger partial charge in [-0.05, 0) is 18.0 Å². The van der Waals surface area contributed by atoms with E-state index in [9.17, 15) is 0 Å². The second-order valence-electron chi connectivity index (χ2n) is 3.71. The number of rotatable bonds is 10. The molecule has 0 aliphatic carbocycles. The topological polar surface area (TPSA) is 81.2 Å². The summed E-state index contributed by atoms with van der Waals surface area (Å²) in [6.45, 7) is 5.15. The summed E-state index contributed by atoms with van der Waals surface area (Å²) in [5.74, 6) is 0.915. The van der Waals surface area contributed by atoms with Crippen LogP contribution in [0.2, 0.25) is 5.28 Å². The van der Waals surface area contributed by atoms with Gasteiger partial charge in [0.05, 0.1) is 19.8 Å². The number of methoxy groups -OCH3 is 1. The molecule has 0 atom stereocenters. The van der Waals surface area contributed by atoms with Crippen molar-refractivity contribution in [3.8, 4) is 0 Å². The van der Waals surface area contributed by atoms with E-state index in [0.29, 0.717) is 38.3 Å². The lowest BCUT2D eigenvalue weighted by molar-refractivity contribution is 0.0759. The average Bonchev–Trinajstić information content (AvgIpc) is 2.40. The zero-order chi connectivity index (χ0) is 13.9. The van der Waals surface area contributed by atoms with Crippen molar-refractivity contribution >= 4 is 23.5 Å². The van der Waals surface area contributed by atoms with Gasteiger partial charge in [-0.15, -0.1) is 0 Å². The molecule has 1 heterocycles. The Morgan fingerprint density at radius 1 is 1.00 bits per heavy atom. The van der Waals surface area contributed by atoms with Gasteiger partial charge in [-0.1, -0.05) is 6.92 Å². The van der Waals surface area contributed by atoms with Crippen molar-refractivity contribution in [3.63, 3.8) is 0 Å². The number of ether oxygens (including phenoxy) is 2. The summed E-state index contributed by atoms with van der Waals surface area (Å²) in [4.78, 5) is 12.2. The normalized spacial score (nSPS) is 10.5. The number of hydrogen-bond acceptors (Lipinski definition) is 7. The lowest BCUT2D eigenvalue weighted by atomic mass is 10.5. The SMILES string of the molecule is CCCNc1nc(Cl)nc(NCCOCCOC)n1. The van der Waals surface area contributed by atoms with E-state index in [0.717, 1.165) is 13.0 Å². The molecule has 1 aromatic heterocycles. The highest BCUT2D eigenvalue weighted by atomic mass is 35.5. The number of halogens is 1. The van der Waals surface area contributed by atoms with Crippen molar-refractivity contribution in [1.82, 2.24) is 15.0 Å². The maximum Gasteiger partial charge on any atom is 0.228 e. The van der Waals surface area contributed by atoms with E-state index in [1.807, 2.05) is 0 Å². The van der Waals surface area contributed by atoms with Gasteiger partial charge in [-0.3, -0.25) is 0 Å². The molecule has 0 aliphatic rings. The van der Waals surface area contributed by atoms with Gasteiger partial charge in [-0.2, -0.15) is 15.0 Å². The maximum absolute atomic E-state index is 5.82. The molecular weight excluding hydrogens is 270 g/mol. The highest BCUT2D eigenvalue weighted by Crippen LogP contribution is 2.09. The van der Waals surface area contributed by atoms with E-state index in [-0.39, 0.29) is 5.28 Å². The molecule has 19 heavy (non-hydrogen) atoms. The first-order chi connectivity index (χ1) is 9.26. The molecule has 1 aromatic rings. The molecule has 0 fully saturated rings. The summed E-state index contributed by atoms with van der Waals surface area (Å²) >= 11 is 5.82. The minimum atomic E-state index is 0.163.